The Hall–Kier alpha value is -1.26. The van der Waals surface area contributed by atoms with Gasteiger partial charge in [0, 0.05) is 36.8 Å². The zero-order valence-electron chi connectivity index (χ0n) is 10.3. The number of nitrogens with one attached hydrogen (secondary N) is 1. The van der Waals surface area contributed by atoms with E-state index in [0.717, 1.165) is 30.8 Å². The zero-order chi connectivity index (χ0) is 13.1. The number of hydrogen-bond donors (Lipinski definition) is 2. The number of carbonyl (C=O) groups excluding carboxylic acids is 1. The molecule has 1 amide bonds. The number of anilines is 1. The first-order valence-electron chi connectivity index (χ1n) is 6.01. The van der Waals surface area contributed by atoms with Gasteiger partial charge in [-0.2, -0.15) is 0 Å². The molecule has 1 fully saturated rings. The van der Waals surface area contributed by atoms with Crippen LogP contribution in [0.1, 0.15) is 18.9 Å². The molecule has 4 nitrogen and oxygen atoms in total. The second-order valence-corrected chi connectivity index (χ2v) is 4.97. The highest BCUT2D eigenvalue weighted by Crippen LogP contribution is 2.26. The molecule has 2 rings (SSSR count). The number of aliphatic hydroxyl groups excluding tert-OH is 1. The van der Waals surface area contributed by atoms with Gasteiger partial charge < -0.3 is 15.3 Å². The van der Waals surface area contributed by atoms with E-state index in [-0.39, 0.29) is 18.6 Å². The fourth-order valence-electron chi connectivity index (χ4n) is 2.26. The number of amides is 1. The van der Waals surface area contributed by atoms with Crippen LogP contribution in [0.3, 0.4) is 0 Å². The van der Waals surface area contributed by atoms with Gasteiger partial charge in [0.2, 0.25) is 5.91 Å². The van der Waals surface area contributed by atoms with Crippen molar-refractivity contribution in [2.45, 2.75) is 26.0 Å². The Balaban J connectivity index is 2.05. The van der Waals surface area contributed by atoms with E-state index in [0.29, 0.717) is 5.02 Å². The lowest BCUT2D eigenvalue weighted by Crippen LogP contribution is -2.35. The van der Waals surface area contributed by atoms with Crippen LogP contribution in [0.15, 0.2) is 18.2 Å². The van der Waals surface area contributed by atoms with E-state index >= 15 is 0 Å². The van der Waals surface area contributed by atoms with E-state index in [2.05, 4.69) is 10.2 Å². The predicted octanol–water partition coefficient (Wildman–Crippen LogP) is 1.55. The summed E-state index contributed by atoms with van der Waals surface area (Å²) in [5, 5.41) is 12.6. The monoisotopic (exact) mass is 268 g/mol. The molecule has 0 bridgehead atoms. The largest absolute Gasteiger partial charge is 0.392 e. The molecule has 0 spiro atoms. The molecule has 1 aromatic rings. The minimum Gasteiger partial charge on any atom is -0.392 e. The smallest absolute Gasteiger partial charge is 0.217 e. The third-order valence-corrected chi connectivity index (χ3v) is 3.52. The fraction of sp³-hybridized carbons (Fsp3) is 0.462. The molecule has 0 radical (unpaired) electrons. The Morgan fingerprint density at radius 3 is 3.00 bits per heavy atom. The average Bonchev–Trinajstić information content (AvgIpc) is 2.76. The first-order chi connectivity index (χ1) is 8.60. The van der Waals surface area contributed by atoms with Gasteiger partial charge in [-0.25, -0.2) is 0 Å². The molecule has 98 valence electrons. The van der Waals surface area contributed by atoms with Crippen molar-refractivity contribution in [3.05, 3.63) is 28.8 Å². The van der Waals surface area contributed by atoms with Crippen molar-refractivity contribution < 1.29 is 9.90 Å². The Morgan fingerprint density at radius 2 is 2.39 bits per heavy atom. The van der Waals surface area contributed by atoms with Crippen LogP contribution < -0.4 is 10.2 Å². The van der Waals surface area contributed by atoms with E-state index < -0.39 is 0 Å². The summed E-state index contributed by atoms with van der Waals surface area (Å²) < 4.78 is 0. The highest BCUT2D eigenvalue weighted by atomic mass is 35.5. The molecular weight excluding hydrogens is 252 g/mol. The van der Waals surface area contributed by atoms with Gasteiger partial charge in [-0.05, 0) is 24.1 Å². The standard InChI is InChI=1S/C13H17ClN2O2/c1-9(18)15-11-4-5-16(7-11)12-3-2-10(8-17)13(14)6-12/h2-3,6,11,17H,4-5,7-8H2,1H3,(H,15,18). The summed E-state index contributed by atoms with van der Waals surface area (Å²) in [7, 11) is 0. The van der Waals surface area contributed by atoms with Gasteiger partial charge >= 0.3 is 0 Å². The molecule has 1 aromatic carbocycles. The second kappa shape index (κ2) is 5.59. The lowest BCUT2D eigenvalue weighted by atomic mass is 10.2. The van der Waals surface area contributed by atoms with Crippen molar-refractivity contribution in [2.24, 2.45) is 0 Å². The van der Waals surface area contributed by atoms with Crippen molar-refractivity contribution >= 4 is 23.2 Å². The van der Waals surface area contributed by atoms with Crippen molar-refractivity contribution in [3.8, 4) is 0 Å². The maximum atomic E-state index is 11.0. The minimum atomic E-state index is -0.0480. The maximum absolute atomic E-state index is 11.0. The van der Waals surface area contributed by atoms with E-state index in [1.54, 1.807) is 0 Å². The zero-order valence-corrected chi connectivity index (χ0v) is 11.1. The molecule has 0 aromatic heterocycles. The van der Waals surface area contributed by atoms with Crippen molar-refractivity contribution in [1.29, 1.82) is 0 Å². The topological polar surface area (TPSA) is 52.6 Å². The molecule has 5 heteroatoms. The summed E-state index contributed by atoms with van der Waals surface area (Å²) >= 11 is 6.07. The van der Waals surface area contributed by atoms with Crippen LogP contribution in [0.25, 0.3) is 0 Å². The van der Waals surface area contributed by atoms with Crippen LogP contribution in [-0.2, 0) is 11.4 Å². The summed E-state index contributed by atoms with van der Waals surface area (Å²) in [4.78, 5) is 13.2. The number of rotatable bonds is 3. The van der Waals surface area contributed by atoms with E-state index in [1.165, 1.54) is 6.92 Å². The van der Waals surface area contributed by atoms with E-state index in [1.807, 2.05) is 18.2 Å². The molecule has 1 heterocycles. The Morgan fingerprint density at radius 1 is 1.61 bits per heavy atom. The van der Waals surface area contributed by atoms with Crippen LogP contribution in [0.4, 0.5) is 5.69 Å². The second-order valence-electron chi connectivity index (χ2n) is 4.57. The third-order valence-electron chi connectivity index (χ3n) is 3.17. The quantitative estimate of drug-likeness (QED) is 0.875. The summed E-state index contributed by atoms with van der Waals surface area (Å²) in [6.45, 7) is 3.19. The number of carbonyl (C=O) groups is 1. The molecular formula is C13H17ClN2O2. The number of nitrogens with zero attached hydrogens (tertiary/aromatic N) is 1. The lowest BCUT2D eigenvalue weighted by Gasteiger charge is -2.19. The van der Waals surface area contributed by atoms with Gasteiger partial charge in [-0.15, -0.1) is 0 Å². The molecule has 1 aliphatic rings. The molecule has 18 heavy (non-hydrogen) atoms. The Bertz CT molecular complexity index is 451. The van der Waals surface area contributed by atoms with E-state index in [9.17, 15) is 4.79 Å². The van der Waals surface area contributed by atoms with Gasteiger partial charge in [0.15, 0.2) is 0 Å². The first-order valence-corrected chi connectivity index (χ1v) is 6.39. The van der Waals surface area contributed by atoms with Crippen molar-refractivity contribution in [1.82, 2.24) is 5.32 Å². The summed E-state index contributed by atoms with van der Waals surface area (Å²) in [6.07, 6.45) is 0.943. The number of benzene rings is 1. The number of aliphatic hydroxyl groups is 1. The third kappa shape index (κ3) is 2.94. The molecule has 2 N–H and O–H groups in total. The highest BCUT2D eigenvalue weighted by Gasteiger charge is 2.23. The summed E-state index contributed by atoms with van der Waals surface area (Å²) in [5.41, 5.74) is 1.77. The SMILES string of the molecule is CC(=O)NC1CCN(c2ccc(CO)c(Cl)c2)C1. The number of hydrogen-bond acceptors (Lipinski definition) is 3. The Labute approximate surface area is 112 Å². The molecule has 1 unspecified atom stereocenters. The Kier molecular flexibility index (Phi) is 4.09. The average molecular weight is 269 g/mol. The normalized spacial score (nSPS) is 19.1. The van der Waals surface area contributed by atoms with Crippen LogP contribution in [0, 0.1) is 0 Å². The van der Waals surface area contributed by atoms with Crippen molar-refractivity contribution in [2.75, 3.05) is 18.0 Å². The lowest BCUT2D eigenvalue weighted by molar-refractivity contribution is -0.119. The van der Waals surface area contributed by atoms with Crippen LogP contribution in [-0.4, -0.2) is 30.1 Å². The first kappa shape index (κ1) is 13.2. The minimum absolute atomic E-state index is 0.00973. The van der Waals surface area contributed by atoms with Gasteiger partial charge in [0.1, 0.15) is 0 Å². The fourth-order valence-corrected chi connectivity index (χ4v) is 2.50. The molecule has 1 aliphatic heterocycles. The van der Waals surface area contributed by atoms with Crippen LogP contribution in [0.5, 0.6) is 0 Å². The van der Waals surface area contributed by atoms with Crippen LogP contribution >= 0.6 is 11.6 Å². The van der Waals surface area contributed by atoms with Crippen LogP contribution in [0.2, 0.25) is 5.02 Å². The molecule has 0 aliphatic carbocycles. The van der Waals surface area contributed by atoms with Gasteiger partial charge in [0.25, 0.3) is 0 Å². The van der Waals surface area contributed by atoms with Gasteiger partial charge in [0.05, 0.1) is 6.61 Å². The van der Waals surface area contributed by atoms with Gasteiger partial charge in [-0.1, -0.05) is 17.7 Å². The van der Waals surface area contributed by atoms with Crippen molar-refractivity contribution in [3.63, 3.8) is 0 Å². The summed E-state index contributed by atoms with van der Waals surface area (Å²) in [5.74, 6) is 0.00973. The molecule has 0 saturated carbocycles. The molecule has 1 atom stereocenters. The predicted molar refractivity (Wildman–Crippen MR) is 71.8 cm³/mol. The summed E-state index contributed by atoms with van der Waals surface area (Å²) in [6, 6.07) is 5.86. The maximum Gasteiger partial charge on any atom is 0.217 e. The number of halogens is 1. The van der Waals surface area contributed by atoms with Gasteiger partial charge in [-0.3, -0.25) is 4.79 Å². The van der Waals surface area contributed by atoms with E-state index in [4.69, 9.17) is 16.7 Å². The molecule has 1 saturated heterocycles. The highest BCUT2D eigenvalue weighted by molar-refractivity contribution is 6.31.